The molecule has 0 fully saturated rings. The van der Waals surface area contributed by atoms with Crippen LogP contribution in [-0.4, -0.2) is 24.0 Å². The Kier molecular flexibility index (Phi) is 8.06. The van der Waals surface area contributed by atoms with Crippen molar-refractivity contribution in [3.63, 3.8) is 0 Å². The molecule has 2 aromatic rings. The van der Waals surface area contributed by atoms with Crippen LogP contribution in [0.15, 0.2) is 45.8 Å². The lowest BCUT2D eigenvalue weighted by Gasteiger charge is -2.08. The number of thiophene rings is 1. The predicted molar refractivity (Wildman–Crippen MR) is 98.2 cm³/mol. The molecule has 5 nitrogen and oxygen atoms in total. The van der Waals surface area contributed by atoms with E-state index in [0.717, 1.165) is 23.1 Å². The first-order valence-corrected chi connectivity index (χ1v) is 7.32. The summed E-state index contributed by atoms with van der Waals surface area (Å²) in [5.74, 6) is 1.39. The predicted octanol–water partition coefficient (Wildman–Crippen LogP) is 3.26. The average Bonchev–Trinajstić information content (AvgIpc) is 3.12. The second-order valence-corrected chi connectivity index (χ2v) is 4.93. The molecular weight excluding hydrogens is 399 g/mol. The van der Waals surface area contributed by atoms with Gasteiger partial charge in [-0.3, -0.25) is 0 Å². The molecule has 2 N–H and O–H groups in total. The van der Waals surface area contributed by atoms with Crippen molar-refractivity contribution < 1.29 is 4.42 Å². The molecule has 0 aromatic carbocycles. The zero-order chi connectivity index (χ0) is 14.2. The summed E-state index contributed by atoms with van der Waals surface area (Å²) in [7, 11) is 0. The van der Waals surface area contributed by atoms with Crippen molar-refractivity contribution in [1.29, 1.82) is 0 Å². The first-order valence-electron chi connectivity index (χ1n) is 6.44. The van der Waals surface area contributed by atoms with Gasteiger partial charge in [0.05, 0.1) is 11.4 Å². The summed E-state index contributed by atoms with van der Waals surface area (Å²) >= 11 is 1.61. The van der Waals surface area contributed by atoms with Crippen LogP contribution in [0, 0.1) is 0 Å². The van der Waals surface area contributed by atoms with Crippen molar-refractivity contribution in [3.8, 4) is 10.8 Å². The van der Waals surface area contributed by atoms with Crippen LogP contribution < -0.4 is 10.6 Å². The molecule has 2 aromatic heterocycles. The van der Waals surface area contributed by atoms with Crippen molar-refractivity contribution in [2.24, 2.45) is 4.99 Å². The van der Waals surface area contributed by atoms with E-state index in [1.54, 1.807) is 23.7 Å². The molecule has 7 heteroatoms. The normalized spacial score (nSPS) is 10.8. The smallest absolute Gasteiger partial charge is 0.236 e. The number of nitrogens with one attached hydrogen (secondary N) is 2. The minimum atomic E-state index is 0. The van der Waals surface area contributed by atoms with E-state index in [2.05, 4.69) is 27.2 Å². The van der Waals surface area contributed by atoms with E-state index in [1.807, 2.05) is 24.4 Å². The maximum atomic E-state index is 5.46. The molecule has 0 spiro atoms. The fourth-order valence-electron chi connectivity index (χ4n) is 1.56. The number of hydrogen-bond acceptors (Lipinski definition) is 4. The molecular formula is C14H19IN4OS. The topological polar surface area (TPSA) is 62.5 Å². The highest BCUT2D eigenvalue weighted by Crippen LogP contribution is 2.23. The van der Waals surface area contributed by atoms with Crippen LogP contribution in [-0.2, 0) is 6.54 Å². The summed E-state index contributed by atoms with van der Waals surface area (Å²) < 4.78 is 5.46. The van der Waals surface area contributed by atoms with Crippen LogP contribution >= 0.6 is 35.3 Å². The lowest BCUT2D eigenvalue weighted by Crippen LogP contribution is -2.37. The molecule has 0 radical (unpaired) electrons. The van der Waals surface area contributed by atoms with Crippen LogP contribution in [0.4, 0.5) is 0 Å². The van der Waals surface area contributed by atoms with E-state index in [0.29, 0.717) is 19.0 Å². The van der Waals surface area contributed by atoms with Gasteiger partial charge >= 0.3 is 0 Å². The number of aliphatic imine (C=N–C) groups is 1. The van der Waals surface area contributed by atoms with Crippen LogP contribution in [0.25, 0.3) is 10.8 Å². The summed E-state index contributed by atoms with van der Waals surface area (Å²) in [4.78, 5) is 9.89. The monoisotopic (exact) mass is 418 g/mol. The highest BCUT2D eigenvalue weighted by molar-refractivity contribution is 14.0. The van der Waals surface area contributed by atoms with Crippen LogP contribution in [0.5, 0.6) is 0 Å². The number of guanidine groups is 1. The van der Waals surface area contributed by atoms with E-state index in [-0.39, 0.29) is 24.0 Å². The summed E-state index contributed by atoms with van der Waals surface area (Å²) in [5, 5.41) is 8.30. The molecule has 0 aliphatic heterocycles. The van der Waals surface area contributed by atoms with Crippen LogP contribution in [0.3, 0.4) is 0 Å². The molecule has 0 bridgehead atoms. The molecule has 0 saturated carbocycles. The lowest BCUT2D eigenvalue weighted by molar-refractivity contribution is 0.574. The molecule has 2 heterocycles. The molecule has 2 rings (SSSR count). The number of aromatic nitrogens is 1. The van der Waals surface area contributed by atoms with E-state index in [9.17, 15) is 0 Å². The third-order valence-corrected chi connectivity index (χ3v) is 3.30. The van der Waals surface area contributed by atoms with E-state index >= 15 is 0 Å². The van der Waals surface area contributed by atoms with Crippen molar-refractivity contribution >= 4 is 41.3 Å². The van der Waals surface area contributed by atoms with Gasteiger partial charge < -0.3 is 15.1 Å². The molecule has 0 unspecified atom stereocenters. The van der Waals surface area contributed by atoms with Gasteiger partial charge in [0, 0.05) is 13.1 Å². The first-order chi connectivity index (χ1) is 9.83. The van der Waals surface area contributed by atoms with E-state index in [1.165, 1.54) is 0 Å². The van der Waals surface area contributed by atoms with Crippen molar-refractivity contribution in [1.82, 2.24) is 15.6 Å². The average molecular weight is 418 g/mol. The Morgan fingerprint density at radius 3 is 3.05 bits per heavy atom. The zero-order valence-electron chi connectivity index (χ0n) is 11.8. The highest BCUT2D eigenvalue weighted by atomic mass is 127. The largest absolute Gasteiger partial charge is 0.443 e. The van der Waals surface area contributed by atoms with Crippen molar-refractivity contribution in [3.05, 3.63) is 42.1 Å². The maximum Gasteiger partial charge on any atom is 0.236 e. The molecule has 21 heavy (non-hydrogen) atoms. The Morgan fingerprint density at radius 1 is 1.52 bits per heavy atom. The second-order valence-electron chi connectivity index (χ2n) is 3.99. The number of halogens is 1. The van der Waals surface area contributed by atoms with E-state index < -0.39 is 0 Å². The van der Waals surface area contributed by atoms with Crippen LogP contribution in [0.2, 0.25) is 0 Å². The summed E-state index contributed by atoms with van der Waals surface area (Å²) in [6.07, 6.45) is 3.44. The Hall–Kier alpha value is -1.35. The SMILES string of the molecule is C=CCNC(=NCc1coc(-c2cccs2)n1)NCC.I. The standard InChI is InChI=1S/C14H18N4OS.HI/c1-3-7-16-14(15-4-2)17-9-11-10-19-13(18-11)12-6-5-8-20-12;/h3,5-6,8,10H,1,4,7,9H2,2H3,(H2,15,16,17);1H. The highest BCUT2D eigenvalue weighted by Gasteiger charge is 2.07. The Bertz CT molecular complexity index is 565. The van der Waals surface area contributed by atoms with Crippen molar-refractivity contribution in [2.45, 2.75) is 13.5 Å². The second kappa shape index (κ2) is 9.56. The number of hydrogen-bond donors (Lipinski definition) is 2. The maximum absolute atomic E-state index is 5.46. The third kappa shape index (κ3) is 5.50. The van der Waals surface area contributed by atoms with Gasteiger partial charge in [0.15, 0.2) is 5.96 Å². The van der Waals surface area contributed by atoms with Gasteiger partial charge in [-0.05, 0) is 18.4 Å². The van der Waals surface area contributed by atoms with Gasteiger partial charge in [0.2, 0.25) is 5.89 Å². The van der Waals surface area contributed by atoms with Gasteiger partial charge in [0.1, 0.15) is 12.0 Å². The van der Waals surface area contributed by atoms with Crippen LogP contribution in [0.1, 0.15) is 12.6 Å². The number of rotatable bonds is 6. The molecule has 0 amide bonds. The Labute approximate surface area is 145 Å². The lowest BCUT2D eigenvalue weighted by atomic mass is 10.4. The molecule has 0 aliphatic rings. The summed E-state index contributed by atoms with van der Waals surface area (Å²) in [6, 6.07) is 3.96. The number of oxazole rings is 1. The zero-order valence-corrected chi connectivity index (χ0v) is 15.0. The van der Waals surface area contributed by atoms with Gasteiger partial charge in [-0.1, -0.05) is 12.1 Å². The Balaban J connectivity index is 0.00000220. The van der Waals surface area contributed by atoms with Gasteiger partial charge in [-0.15, -0.1) is 41.9 Å². The molecule has 114 valence electrons. The summed E-state index contributed by atoms with van der Waals surface area (Å²) in [6.45, 7) is 7.65. The minimum Gasteiger partial charge on any atom is -0.443 e. The fraction of sp³-hybridized carbons (Fsp3) is 0.286. The minimum absolute atomic E-state index is 0. The molecule has 0 saturated heterocycles. The van der Waals surface area contributed by atoms with Gasteiger partial charge in [0.25, 0.3) is 0 Å². The van der Waals surface area contributed by atoms with Crippen molar-refractivity contribution in [2.75, 3.05) is 13.1 Å². The quantitative estimate of drug-likeness (QED) is 0.327. The Morgan fingerprint density at radius 2 is 2.38 bits per heavy atom. The van der Waals surface area contributed by atoms with E-state index in [4.69, 9.17) is 4.42 Å². The third-order valence-electron chi connectivity index (χ3n) is 2.44. The first kappa shape index (κ1) is 17.7. The van der Waals surface area contributed by atoms with Gasteiger partial charge in [-0.25, -0.2) is 9.98 Å². The fourth-order valence-corrected chi connectivity index (χ4v) is 2.22. The molecule has 0 aliphatic carbocycles. The number of nitrogens with zero attached hydrogens (tertiary/aromatic N) is 2. The summed E-state index contributed by atoms with van der Waals surface area (Å²) in [5.41, 5.74) is 0.809. The molecule has 0 atom stereocenters. The van der Waals surface area contributed by atoms with Gasteiger partial charge in [-0.2, -0.15) is 0 Å².